The van der Waals surface area contributed by atoms with Crippen molar-refractivity contribution in [2.75, 3.05) is 31.2 Å². The molecule has 3 saturated heterocycles. The van der Waals surface area contributed by atoms with Gasteiger partial charge in [-0.05, 0) is 39.3 Å². The minimum atomic E-state index is -0.514. The van der Waals surface area contributed by atoms with Crippen molar-refractivity contribution in [2.24, 2.45) is 0 Å². The van der Waals surface area contributed by atoms with Crippen LogP contribution < -0.4 is 4.90 Å². The zero-order valence-corrected chi connectivity index (χ0v) is 15.4. The zero-order chi connectivity index (χ0) is 18.5. The van der Waals surface area contributed by atoms with Crippen molar-refractivity contribution < 1.29 is 23.4 Å². The molecular weight excluding hydrogens is 339 g/mol. The number of hydrogen-bond donors (Lipinski definition) is 0. The van der Waals surface area contributed by atoms with Crippen molar-refractivity contribution in [3.05, 3.63) is 29.6 Å². The smallest absolute Gasteiger partial charge is 0.410 e. The Kier molecular flexibility index (Phi) is 4.31. The Labute approximate surface area is 152 Å². The number of carbonyl (C=O) groups excluding carboxylic acids is 1. The van der Waals surface area contributed by atoms with Gasteiger partial charge in [0.05, 0.1) is 24.9 Å². The van der Waals surface area contributed by atoms with Gasteiger partial charge in [0, 0.05) is 24.7 Å². The van der Waals surface area contributed by atoms with Crippen LogP contribution in [0.5, 0.6) is 0 Å². The molecule has 0 aliphatic carbocycles. The van der Waals surface area contributed by atoms with Gasteiger partial charge in [-0.1, -0.05) is 6.07 Å². The Bertz CT molecular complexity index is 699. The topological polar surface area (TPSA) is 51.2 Å². The molecule has 6 nitrogen and oxygen atoms in total. The van der Waals surface area contributed by atoms with Crippen molar-refractivity contribution in [3.63, 3.8) is 0 Å². The average Bonchev–Trinajstić information content (AvgIpc) is 3.30. The molecule has 3 heterocycles. The van der Waals surface area contributed by atoms with Crippen LogP contribution in [0.2, 0.25) is 0 Å². The highest BCUT2D eigenvalue weighted by Gasteiger charge is 2.47. The van der Waals surface area contributed by atoms with Crippen molar-refractivity contribution in [3.8, 4) is 0 Å². The Morgan fingerprint density at radius 1 is 1.19 bits per heavy atom. The third-order valence-electron chi connectivity index (χ3n) is 5.04. The van der Waals surface area contributed by atoms with Crippen LogP contribution in [0.1, 0.15) is 39.0 Å². The van der Waals surface area contributed by atoms with E-state index in [2.05, 4.69) is 4.90 Å². The number of ether oxygens (including phenoxy) is 3. The summed E-state index contributed by atoms with van der Waals surface area (Å²) >= 11 is 0. The molecule has 142 valence electrons. The van der Waals surface area contributed by atoms with E-state index in [0.29, 0.717) is 32.0 Å². The molecule has 3 fully saturated rings. The number of nitrogens with zero attached hydrogens (tertiary/aromatic N) is 2. The number of fused-ring (bicyclic) bond motifs is 2. The SMILES string of the molecule is CC(C)(C)OC(=O)N1C[C@@H]2C[C@H]1CN2c1cc(C2OCCO2)ccc1F. The minimum absolute atomic E-state index is 0.0527. The fourth-order valence-electron chi connectivity index (χ4n) is 3.95. The quantitative estimate of drug-likeness (QED) is 0.807. The predicted octanol–water partition coefficient (Wildman–Crippen LogP) is 3.07. The van der Waals surface area contributed by atoms with Crippen LogP contribution >= 0.6 is 0 Å². The van der Waals surface area contributed by atoms with E-state index in [4.69, 9.17) is 14.2 Å². The highest BCUT2D eigenvalue weighted by Crippen LogP contribution is 2.38. The van der Waals surface area contributed by atoms with Gasteiger partial charge >= 0.3 is 6.09 Å². The third-order valence-corrected chi connectivity index (χ3v) is 5.04. The van der Waals surface area contributed by atoms with E-state index in [0.717, 1.165) is 12.0 Å². The molecule has 2 atom stereocenters. The first-order valence-electron chi connectivity index (χ1n) is 9.11. The fourth-order valence-corrected chi connectivity index (χ4v) is 3.95. The van der Waals surface area contributed by atoms with Gasteiger partial charge < -0.3 is 24.0 Å². The first-order valence-corrected chi connectivity index (χ1v) is 9.11. The van der Waals surface area contributed by atoms with Crippen LogP contribution in [0.15, 0.2) is 18.2 Å². The molecule has 2 bridgehead atoms. The number of hydrogen-bond acceptors (Lipinski definition) is 5. The van der Waals surface area contributed by atoms with E-state index in [9.17, 15) is 9.18 Å². The lowest BCUT2D eigenvalue weighted by Gasteiger charge is -2.36. The monoisotopic (exact) mass is 364 g/mol. The molecular formula is C19H25FN2O4. The van der Waals surface area contributed by atoms with E-state index < -0.39 is 11.9 Å². The maximum Gasteiger partial charge on any atom is 0.410 e. The largest absolute Gasteiger partial charge is 0.444 e. The minimum Gasteiger partial charge on any atom is -0.444 e. The summed E-state index contributed by atoms with van der Waals surface area (Å²) in [6.45, 7) is 7.85. The number of piperazine rings is 1. The third kappa shape index (κ3) is 3.25. The molecule has 1 aromatic rings. The number of benzene rings is 1. The molecule has 0 radical (unpaired) electrons. The standard InChI is InChI=1S/C19H25FN2O4/c1-19(2,3)26-18(23)22-11-13-9-14(22)10-21(13)16-8-12(4-5-15(16)20)17-24-6-7-25-17/h4-5,8,13-14,17H,6-7,9-11H2,1-3H3/t13-,14-/m0/s1. The summed E-state index contributed by atoms with van der Waals surface area (Å²) in [5.74, 6) is -0.261. The molecule has 3 aliphatic rings. The van der Waals surface area contributed by atoms with Crippen LogP contribution in [0.3, 0.4) is 0 Å². The number of halogens is 1. The van der Waals surface area contributed by atoms with E-state index in [1.807, 2.05) is 26.8 Å². The molecule has 0 spiro atoms. The van der Waals surface area contributed by atoms with E-state index in [1.54, 1.807) is 11.0 Å². The molecule has 3 aliphatic heterocycles. The van der Waals surface area contributed by atoms with Crippen LogP contribution in [-0.2, 0) is 14.2 Å². The van der Waals surface area contributed by atoms with Crippen molar-refractivity contribution in [2.45, 2.75) is 51.2 Å². The average molecular weight is 364 g/mol. The first kappa shape index (κ1) is 17.5. The summed E-state index contributed by atoms with van der Waals surface area (Å²) in [6.07, 6.45) is 0.123. The Morgan fingerprint density at radius 2 is 1.92 bits per heavy atom. The van der Waals surface area contributed by atoms with Crippen molar-refractivity contribution >= 4 is 11.8 Å². The van der Waals surface area contributed by atoms with Gasteiger partial charge in [0.1, 0.15) is 11.4 Å². The van der Waals surface area contributed by atoms with E-state index in [1.165, 1.54) is 6.07 Å². The summed E-state index contributed by atoms with van der Waals surface area (Å²) in [5.41, 5.74) is 0.865. The second-order valence-corrected chi connectivity index (χ2v) is 8.11. The number of amides is 1. The summed E-state index contributed by atoms with van der Waals surface area (Å²) in [5, 5.41) is 0. The van der Waals surface area contributed by atoms with E-state index in [-0.39, 0.29) is 24.0 Å². The Hall–Kier alpha value is -1.86. The molecule has 1 amide bonds. The second-order valence-electron chi connectivity index (χ2n) is 8.11. The van der Waals surface area contributed by atoms with Gasteiger partial charge in [0.15, 0.2) is 6.29 Å². The highest BCUT2D eigenvalue weighted by molar-refractivity contribution is 5.70. The first-order chi connectivity index (χ1) is 12.3. The summed E-state index contributed by atoms with van der Waals surface area (Å²) < 4.78 is 31.0. The number of rotatable bonds is 2. The maximum atomic E-state index is 14.5. The van der Waals surface area contributed by atoms with Crippen LogP contribution in [0, 0.1) is 5.82 Å². The van der Waals surface area contributed by atoms with Gasteiger partial charge in [-0.2, -0.15) is 0 Å². The van der Waals surface area contributed by atoms with Gasteiger partial charge in [0.25, 0.3) is 0 Å². The van der Waals surface area contributed by atoms with Gasteiger partial charge in [-0.3, -0.25) is 0 Å². The normalized spacial score (nSPS) is 26.0. The highest BCUT2D eigenvalue weighted by atomic mass is 19.1. The lowest BCUT2D eigenvalue weighted by atomic mass is 10.1. The van der Waals surface area contributed by atoms with Gasteiger partial charge in [-0.15, -0.1) is 0 Å². The van der Waals surface area contributed by atoms with Crippen LogP contribution in [0.25, 0.3) is 0 Å². The molecule has 7 heteroatoms. The Balaban J connectivity index is 1.48. The van der Waals surface area contributed by atoms with Crippen molar-refractivity contribution in [1.29, 1.82) is 0 Å². The Morgan fingerprint density at radius 3 is 2.54 bits per heavy atom. The summed E-state index contributed by atoms with van der Waals surface area (Å²) in [6, 6.07) is 5.13. The lowest BCUT2D eigenvalue weighted by Crippen LogP contribution is -2.50. The summed E-state index contributed by atoms with van der Waals surface area (Å²) in [7, 11) is 0. The van der Waals surface area contributed by atoms with Gasteiger partial charge in [0.2, 0.25) is 0 Å². The molecule has 4 rings (SSSR count). The second kappa shape index (κ2) is 6.39. The van der Waals surface area contributed by atoms with Crippen LogP contribution in [-0.4, -0.2) is 55.0 Å². The predicted molar refractivity (Wildman–Crippen MR) is 93.5 cm³/mol. The summed E-state index contributed by atoms with van der Waals surface area (Å²) in [4.78, 5) is 16.2. The zero-order valence-electron chi connectivity index (χ0n) is 15.4. The number of likely N-dealkylation sites (tertiary alicyclic amines) is 1. The maximum absolute atomic E-state index is 14.5. The molecule has 0 N–H and O–H groups in total. The molecule has 1 aromatic carbocycles. The van der Waals surface area contributed by atoms with Crippen LogP contribution in [0.4, 0.5) is 14.9 Å². The molecule has 0 saturated carbocycles. The fraction of sp³-hybridized carbons (Fsp3) is 0.632. The lowest BCUT2D eigenvalue weighted by molar-refractivity contribution is -0.0441. The van der Waals surface area contributed by atoms with E-state index >= 15 is 0 Å². The van der Waals surface area contributed by atoms with Gasteiger partial charge in [-0.25, -0.2) is 9.18 Å². The molecule has 0 aromatic heterocycles. The molecule has 0 unspecified atom stereocenters. The number of carbonyl (C=O) groups is 1. The number of anilines is 1. The van der Waals surface area contributed by atoms with Crippen molar-refractivity contribution in [1.82, 2.24) is 4.90 Å². The molecule has 26 heavy (non-hydrogen) atoms.